The van der Waals surface area contributed by atoms with Gasteiger partial charge in [-0.1, -0.05) is 109 Å². The van der Waals surface area contributed by atoms with Gasteiger partial charge in [0, 0.05) is 93.5 Å². The number of imidazole rings is 2. The van der Waals surface area contributed by atoms with E-state index in [1.54, 1.807) is 130 Å². The summed E-state index contributed by atoms with van der Waals surface area (Å²) in [6.45, 7) is 14.3. The molecule has 6 fully saturated rings. The Bertz CT molecular complexity index is 6200. The topological polar surface area (TPSA) is 386 Å². The molecule has 31 heteroatoms. The molecule has 0 aliphatic heterocycles. The summed E-state index contributed by atoms with van der Waals surface area (Å²) in [6, 6.07) is 53.3. The van der Waals surface area contributed by atoms with Gasteiger partial charge in [-0.05, 0) is 253 Å². The number of rotatable bonds is 20. The number of amides is 4. The predicted molar refractivity (Wildman–Crippen MR) is 517 cm³/mol. The maximum absolute atomic E-state index is 13.0. The molecule has 4 amide bonds. The standard InChI is InChI=1S/C33H49P.C27H26N6O4.C21H22BN5O5.C12H9N.C6H6BrNO.CH4O3S.Pd/c1-23(2)26-21-30(24(3)4)33(31(22-26)25(5)6)29-19-13-14-20-32(29)34(27-15-9-7-10-16-27)28-17-11-8-12-18-28;1-32-15-17(4-5-23(32)34)16-6-8-33-21(14-30-22(33)9-16)25(36)31-18-10-27(11-18)12-19(13-27)37-26-20(24(28)35)3-2-7-29-26;23-18(28)15-2-1-4-24-20(15)32-14-9-21(10-14)7-13(8-21)26-19(29)16-11-25-17-6-12(22(30)31)3-5-27(16)17;13-12-9-5-4-8-11(12)10-6-2-1-3-7-10;1-8-4-5(7)2-3-6(8)9;1-5(2,3)4;/h13-14,19-25,27-28H,7-12,15-18H2,1-6H3;2-9,14-15,18-19H,10-13H2,1H3,(H2,28,35)(H,31,36);1-6,11,13-14,30-31H,7-10H2,(H2,23,28)(H,26,29);1-6,8-9,13H;2-4H,1H3;1H3,(H,2,3,4);/q;;;-2;;;+2/p+1. The van der Waals surface area contributed by atoms with Crippen molar-refractivity contribution in [1.29, 1.82) is 0 Å². The van der Waals surface area contributed by atoms with Crippen molar-refractivity contribution in [2.24, 2.45) is 36.4 Å². The van der Waals surface area contributed by atoms with E-state index in [2.05, 4.69) is 131 Å². The molecule has 0 atom stereocenters. The van der Waals surface area contributed by atoms with Gasteiger partial charge in [-0.2, -0.15) is 14.1 Å². The summed E-state index contributed by atoms with van der Waals surface area (Å²) in [7, 11) is -2.44. The second-order valence-electron chi connectivity index (χ2n) is 36.3. The molecule has 0 bridgehead atoms. The SMILES string of the molecule is CC(C)c1cc(C(C)C)c(-c2ccccc2[PH+](C2CCCCC2)C2CCCCC2)c(C(C)C)c1.CS(=O)(=O)O.Cn1cc(-c2ccn3c(C(=O)NC4CC5(C4)CC(Oc4ncccc4C(N)=O)C5)cnc3c2)ccc1=O.Cn1cc(Br)ccc1=O.NC(=O)c1cccnc1OC1CC2(CC(NC(=O)c3cnc4cc(B(O)O)ccn34)C2)C1.[NH-]c1ccccc1-c1[c-]cccc1.[Pd+2]. The third kappa shape index (κ3) is 25.1. The fourth-order valence-electron chi connectivity index (χ4n) is 19.1. The number of benzene rings is 4. The third-order valence-electron chi connectivity index (χ3n) is 25.6. The molecule has 2 spiro atoms. The van der Waals surface area contributed by atoms with Gasteiger partial charge < -0.3 is 56.5 Å². The first-order valence-corrected chi connectivity index (χ1v) is 49.0. The van der Waals surface area contributed by atoms with E-state index < -0.39 is 37.0 Å². The zero-order valence-corrected chi connectivity index (χ0v) is 80.3. The largest absolute Gasteiger partial charge is 2.00 e. The Balaban J connectivity index is 0.000000155. The zero-order valence-electron chi connectivity index (χ0n) is 75.4. The number of nitrogens with one attached hydrogen (secondary N) is 3. The number of hydrogen-bond donors (Lipinski definition) is 7. The van der Waals surface area contributed by atoms with Crippen molar-refractivity contribution < 1.29 is 72.1 Å². The van der Waals surface area contributed by atoms with E-state index in [0.29, 0.717) is 57.8 Å². The number of nitrogens with two attached hydrogens (primary N) is 2. The van der Waals surface area contributed by atoms with Gasteiger partial charge in [-0.25, -0.2) is 19.9 Å². The number of carbonyl (C=O) groups is 4. The van der Waals surface area contributed by atoms with Crippen LogP contribution in [-0.2, 0) is 44.6 Å². The van der Waals surface area contributed by atoms with Crippen molar-refractivity contribution in [3.8, 4) is 45.1 Å². The number of nitrogens with zero attached hydrogens (tertiary/aromatic N) is 8. The average molecular weight is 1970 g/mol. The minimum absolute atomic E-state index is 0. The van der Waals surface area contributed by atoms with Crippen LogP contribution in [0.1, 0.15) is 233 Å². The van der Waals surface area contributed by atoms with Crippen molar-refractivity contribution in [2.45, 2.75) is 210 Å². The Morgan fingerprint density at radius 1 is 0.573 bits per heavy atom. The molecule has 690 valence electrons. The van der Waals surface area contributed by atoms with E-state index in [4.69, 9.17) is 31.2 Å². The zero-order chi connectivity index (χ0) is 92.9. The van der Waals surface area contributed by atoms with Gasteiger partial charge in [0.25, 0.3) is 33.7 Å². The molecular formula is C100H117BBrN13O13PPdS+. The fraction of sp³-hybridized carbons (Fsp3) is 0.380. The number of aryl methyl sites for hydroxylation is 2. The Hall–Kier alpha value is -10.8. The van der Waals surface area contributed by atoms with Crippen LogP contribution in [0.5, 0.6) is 11.8 Å². The number of pyridine rings is 6. The van der Waals surface area contributed by atoms with E-state index >= 15 is 0 Å². The van der Waals surface area contributed by atoms with Crippen LogP contribution in [0, 0.1) is 16.9 Å². The monoisotopic (exact) mass is 1970 g/mol. The molecule has 6 saturated carbocycles. The number of halogens is 1. The third-order valence-corrected chi connectivity index (χ3v) is 30.0. The van der Waals surface area contributed by atoms with Crippen LogP contribution in [0.3, 0.4) is 0 Å². The number of primary amides is 2. The summed E-state index contributed by atoms with van der Waals surface area (Å²) in [5.41, 5.74) is 35.7. The van der Waals surface area contributed by atoms with Crippen LogP contribution >= 0.6 is 23.9 Å². The number of hydrogen-bond acceptors (Lipinski definition) is 16. The molecule has 0 unspecified atom stereocenters. The Morgan fingerprint density at radius 2 is 1.04 bits per heavy atom. The van der Waals surface area contributed by atoms with E-state index in [0.717, 1.165) is 89.4 Å². The van der Waals surface area contributed by atoms with Gasteiger partial charge in [-0.3, -0.25) is 42.1 Å². The number of fused-ring (bicyclic) bond motifs is 2. The van der Waals surface area contributed by atoms with Crippen LogP contribution in [0.4, 0.5) is 5.69 Å². The summed E-state index contributed by atoms with van der Waals surface area (Å²) >= 11 is 3.24. The summed E-state index contributed by atoms with van der Waals surface area (Å²) in [5, 5.41) is 26.5. The molecule has 6 aliphatic rings. The Labute approximate surface area is 789 Å². The van der Waals surface area contributed by atoms with Crippen molar-refractivity contribution in [3.05, 3.63) is 283 Å². The van der Waals surface area contributed by atoms with Gasteiger partial charge in [0.1, 0.15) is 46.0 Å². The van der Waals surface area contributed by atoms with E-state index in [9.17, 15) is 47.2 Å². The summed E-state index contributed by atoms with van der Waals surface area (Å²) in [6.07, 6.45) is 35.4. The molecule has 10 N–H and O–H groups in total. The van der Waals surface area contributed by atoms with Gasteiger partial charge >= 0.3 is 27.5 Å². The first kappa shape index (κ1) is 99.2. The van der Waals surface area contributed by atoms with Crippen LogP contribution in [-0.4, -0.2) is 134 Å². The quantitative estimate of drug-likeness (QED) is 0.0161. The Morgan fingerprint density at radius 3 is 1.49 bits per heavy atom. The number of carbonyl (C=O) groups excluding carboxylic acids is 4. The predicted octanol–water partition coefficient (Wildman–Crippen LogP) is 16.7. The molecule has 6 aliphatic carbocycles. The fourth-order valence-corrected chi connectivity index (χ4v) is 23.9. The smallest absolute Gasteiger partial charge is 0.706 e. The van der Waals surface area contributed by atoms with Crippen molar-refractivity contribution in [1.82, 2.24) is 48.5 Å². The molecule has 4 aromatic carbocycles. The van der Waals surface area contributed by atoms with Crippen LogP contribution in [0.25, 0.3) is 50.4 Å². The maximum Gasteiger partial charge on any atom is 2.00 e. The minimum atomic E-state index is -3.67. The van der Waals surface area contributed by atoms with Crippen molar-refractivity contribution >= 4 is 92.5 Å². The van der Waals surface area contributed by atoms with E-state index in [1.165, 1.54) is 109 Å². The average Bonchev–Trinajstić information content (AvgIpc) is 1.71. The van der Waals surface area contributed by atoms with E-state index in [-0.39, 0.29) is 101 Å². The first-order valence-electron chi connectivity index (χ1n) is 44.7. The molecule has 12 aromatic rings. The van der Waals surface area contributed by atoms with Gasteiger partial charge in [-0.15, -0.1) is 41.5 Å². The molecule has 18 rings (SSSR count). The van der Waals surface area contributed by atoms with Crippen LogP contribution in [0.2, 0.25) is 0 Å². The van der Waals surface area contributed by atoms with Crippen molar-refractivity contribution in [3.63, 3.8) is 0 Å². The van der Waals surface area contributed by atoms with Crippen molar-refractivity contribution in [2.75, 3.05) is 6.26 Å². The number of ether oxygens (including phenoxy) is 2. The second kappa shape index (κ2) is 44.2. The van der Waals surface area contributed by atoms with E-state index in [1.807, 2.05) is 60.8 Å². The van der Waals surface area contributed by atoms with Crippen LogP contribution in [0.15, 0.2) is 221 Å². The molecule has 0 radical (unpaired) electrons. The second-order valence-corrected chi connectivity index (χ2v) is 41.8. The molecule has 131 heavy (non-hydrogen) atoms. The van der Waals surface area contributed by atoms with Gasteiger partial charge in [0.15, 0.2) is 0 Å². The summed E-state index contributed by atoms with van der Waals surface area (Å²) in [5.74, 6) is 0.709. The Kier molecular flexibility index (Phi) is 33.5. The molecule has 26 nitrogen and oxygen atoms in total. The van der Waals surface area contributed by atoms with Gasteiger partial charge in [0.05, 0.1) is 35.3 Å². The summed E-state index contributed by atoms with van der Waals surface area (Å²) < 4.78 is 45.0. The maximum atomic E-state index is 13.0. The summed E-state index contributed by atoms with van der Waals surface area (Å²) in [4.78, 5) is 88.1. The minimum Gasteiger partial charge on any atom is -0.706 e. The molecule has 8 heterocycles. The van der Waals surface area contributed by atoms with Gasteiger partial charge in [0.2, 0.25) is 22.9 Å². The molecule has 8 aromatic heterocycles. The normalized spacial score (nSPS) is 19.0. The first-order chi connectivity index (χ1) is 62.1. The number of aromatic nitrogens is 8. The molecule has 0 saturated heterocycles. The molecular weight excluding hydrogens is 1850 g/mol. The van der Waals surface area contributed by atoms with Crippen LogP contribution < -0.4 is 53.5 Å².